The number of aromatic nitrogens is 3. The minimum Gasteiger partial charge on any atom is -0.346 e. The first-order chi connectivity index (χ1) is 8.83. The van der Waals surface area contributed by atoms with Gasteiger partial charge < -0.3 is 4.98 Å². The highest BCUT2D eigenvalue weighted by molar-refractivity contribution is 6.06. The van der Waals surface area contributed by atoms with E-state index in [2.05, 4.69) is 15.0 Å². The van der Waals surface area contributed by atoms with E-state index in [9.17, 15) is 4.79 Å². The maximum Gasteiger partial charge on any atom is 0.185 e. The molecular formula is C14H15N3O. The summed E-state index contributed by atoms with van der Waals surface area (Å²) < 4.78 is 0. The summed E-state index contributed by atoms with van der Waals surface area (Å²) in [6.07, 6.45) is 8.16. The van der Waals surface area contributed by atoms with Crippen molar-refractivity contribution in [2.75, 3.05) is 0 Å². The van der Waals surface area contributed by atoms with Crippen LogP contribution < -0.4 is 0 Å². The van der Waals surface area contributed by atoms with Gasteiger partial charge in [-0.25, -0.2) is 9.97 Å². The number of hydrogen-bond acceptors (Lipinski definition) is 3. The summed E-state index contributed by atoms with van der Waals surface area (Å²) in [6, 6.07) is 1.90. The smallest absolute Gasteiger partial charge is 0.185 e. The standard InChI is InChI=1S/C14H15N3O/c18-13(11-6-8-1-2-9(11)5-8)12-10-3-4-15-14(10)17-7-16-12/h3-4,7-9,11H,1-2,5-6H2,(H,15,16,17). The maximum atomic E-state index is 12.6. The lowest BCUT2D eigenvalue weighted by atomic mass is 9.84. The van der Waals surface area contributed by atoms with E-state index < -0.39 is 0 Å². The number of hydrogen-bond donors (Lipinski definition) is 1. The lowest BCUT2D eigenvalue weighted by Gasteiger charge is -2.19. The fourth-order valence-electron chi connectivity index (χ4n) is 3.81. The highest BCUT2D eigenvalue weighted by Crippen LogP contribution is 2.49. The maximum absolute atomic E-state index is 12.6. The molecular weight excluding hydrogens is 226 g/mol. The molecule has 92 valence electrons. The third-order valence-electron chi connectivity index (χ3n) is 4.66. The van der Waals surface area contributed by atoms with Crippen LogP contribution in [0.1, 0.15) is 36.2 Å². The fourth-order valence-corrected chi connectivity index (χ4v) is 3.81. The van der Waals surface area contributed by atoms with Crippen molar-refractivity contribution in [3.8, 4) is 0 Å². The average molecular weight is 241 g/mol. The SMILES string of the molecule is O=C(c1ncnc2[nH]ccc12)C1CC2CCC1C2. The summed E-state index contributed by atoms with van der Waals surface area (Å²) in [5.41, 5.74) is 1.37. The van der Waals surface area contributed by atoms with Crippen LogP contribution >= 0.6 is 0 Å². The van der Waals surface area contributed by atoms with Gasteiger partial charge in [-0.1, -0.05) is 6.42 Å². The molecule has 0 spiro atoms. The largest absolute Gasteiger partial charge is 0.346 e. The summed E-state index contributed by atoms with van der Waals surface area (Å²) in [6.45, 7) is 0. The van der Waals surface area contributed by atoms with Crippen molar-refractivity contribution in [2.45, 2.75) is 25.7 Å². The Morgan fingerprint density at radius 1 is 1.28 bits per heavy atom. The van der Waals surface area contributed by atoms with Crippen LogP contribution in [0.5, 0.6) is 0 Å². The topological polar surface area (TPSA) is 58.6 Å². The number of ketones is 1. The molecule has 2 aromatic rings. The van der Waals surface area contributed by atoms with Gasteiger partial charge in [-0.15, -0.1) is 0 Å². The number of Topliss-reactive ketones (excluding diaryl/α,β-unsaturated/α-hetero) is 1. The lowest BCUT2D eigenvalue weighted by molar-refractivity contribution is 0.0871. The third-order valence-corrected chi connectivity index (χ3v) is 4.66. The van der Waals surface area contributed by atoms with Crippen molar-refractivity contribution in [3.05, 3.63) is 24.3 Å². The Bertz CT molecular complexity index is 618. The van der Waals surface area contributed by atoms with E-state index in [1.165, 1.54) is 25.6 Å². The van der Waals surface area contributed by atoms with E-state index in [0.717, 1.165) is 23.4 Å². The van der Waals surface area contributed by atoms with Crippen molar-refractivity contribution in [3.63, 3.8) is 0 Å². The molecule has 2 fully saturated rings. The highest BCUT2D eigenvalue weighted by atomic mass is 16.1. The number of carbonyl (C=O) groups is 1. The van der Waals surface area contributed by atoms with Crippen LogP contribution in [0.3, 0.4) is 0 Å². The molecule has 18 heavy (non-hydrogen) atoms. The number of carbonyl (C=O) groups excluding carboxylic acids is 1. The summed E-state index contributed by atoms with van der Waals surface area (Å²) in [7, 11) is 0. The molecule has 0 amide bonds. The Morgan fingerprint density at radius 3 is 3.00 bits per heavy atom. The average Bonchev–Trinajstić information content (AvgIpc) is 3.12. The second kappa shape index (κ2) is 3.64. The molecule has 2 saturated carbocycles. The second-order valence-electron chi connectivity index (χ2n) is 5.61. The van der Waals surface area contributed by atoms with Gasteiger partial charge in [-0.3, -0.25) is 4.79 Å². The predicted molar refractivity (Wildman–Crippen MR) is 67.2 cm³/mol. The molecule has 3 atom stereocenters. The van der Waals surface area contributed by atoms with Crippen molar-refractivity contribution in [1.29, 1.82) is 0 Å². The molecule has 2 aliphatic carbocycles. The van der Waals surface area contributed by atoms with Crippen LogP contribution in [-0.2, 0) is 0 Å². The van der Waals surface area contributed by atoms with Gasteiger partial charge in [0.05, 0.1) is 0 Å². The normalized spacial score (nSPS) is 30.1. The Kier molecular flexibility index (Phi) is 2.07. The zero-order valence-corrected chi connectivity index (χ0v) is 10.1. The first-order valence-corrected chi connectivity index (χ1v) is 6.65. The third kappa shape index (κ3) is 1.35. The summed E-state index contributed by atoms with van der Waals surface area (Å²) >= 11 is 0. The highest BCUT2D eigenvalue weighted by Gasteiger charge is 2.43. The molecule has 0 aromatic carbocycles. The number of nitrogens with one attached hydrogen (secondary N) is 1. The number of aromatic amines is 1. The zero-order chi connectivity index (χ0) is 12.1. The number of nitrogens with zero attached hydrogens (tertiary/aromatic N) is 2. The number of rotatable bonds is 2. The second-order valence-corrected chi connectivity index (χ2v) is 5.61. The molecule has 0 saturated heterocycles. The zero-order valence-electron chi connectivity index (χ0n) is 10.1. The van der Waals surface area contributed by atoms with E-state index in [4.69, 9.17) is 0 Å². The van der Waals surface area contributed by atoms with Crippen molar-refractivity contribution in [1.82, 2.24) is 15.0 Å². The minimum atomic E-state index is 0.205. The quantitative estimate of drug-likeness (QED) is 0.822. The van der Waals surface area contributed by atoms with Crippen LogP contribution in [0.25, 0.3) is 11.0 Å². The van der Waals surface area contributed by atoms with E-state index in [1.807, 2.05) is 12.3 Å². The van der Waals surface area contributed by atoms with Gasteiger partial charge in [0.25, 0.3) is 0 Å². The van der Waals surface area contributed by atoms with E-state index in [-0.39, 0.29) is 11.7 Å². The van der Waals surface area contributed by atoms with Gasteiger partial charge in [0.15, 0.2) is 5.78 Å². The number of fused-ring (bicyclic) bond motifs is 3. The predicted octanol–water partition coefficient (Wildman–Crippen LogP) is 2.58. The molecule has 0 aliphatic heterocycles. The summed E-state index contributed by atoms with van der Waals surface area (Å²) in [5.74, 6) is 1.82. The molecule has 2 bridgehead atoms. The van der Waals surface area contributed by atoms with Crippen LogP contribution in [0.15, 0.2) is 18.6 Å². The van der Waals surface area contributed by atoms with Crippen molar-refractivity contribution >= 4 is 16.8 Å². The van der Waals surface area contributed by atoms with Gasteiger partial charge in [0.2, 0.25) is 0 Å². The first kappa shape index (κ1) is 10.2. The van der Waals surface area contributed by atoms with Gasteiger partial charge in [-0.2, -0.15) is 0 Å². The monoisotopic (exact) mass is 241 g/mol. The fraction of sp³-hybridized carbons (Fsp3) is 0.500. The Labute approximate surface area is 105 Å². The molecule has 4 heteroatoms. The minimum absolute atomic E-state index is 0.205. The molecule has 0 radical (unpaired) electrons. The lowest BCUT2D eigenvalue weighted by Crippen LogP contribution is -2.22. The molecule has 2 heterocycles. The van der Waals surface area contributed by atoms with Gasteiger partial charge in [0.1, 0.15) is 17.7 Å². The molecule has 4 rings (SSSR count). The summed E-state index contributed by atoms with van der Waals surface area (Å²) in [4.78, 5) is 24.0. The molecule has 4 nitrogen and oxygen atoms in total. The molecule has 3 unspecified atom stereocenters. The van der Waals surface area contributed by atoms with Crippen molar-refractivity contribution in [2.24, 2.45) is 17.8 Å². The Morgan fingerprint density at radius 2 is 2.22 bits per heavy atom. The number of H-pyrrole nitrogens is 1. The Hall–Kier alpha value is -1.71. The molecule has 2 aliphatic rings. The van der Waals surface area contributed by atoms with Crippen LogP contribution in [0.2, 0.25) is 0 Å². The van der Waals surface area contributed by atoms with E-state index in [0.29, 0.717) is 11.6 Å². The van der Waals surface area contributed by atoms with Crippen LogP contribution in [0.4, 0.5) is 0 Å². The van der Waals surface area contributed by atoms with Gasteiger partial charge in [0, 0.05) is 17.5 Å². The van der Waals surface area contributed by atoms with Crippen LogP contribution in [0, 0.1) is 17.8 Å². The van der Waals surface area contributed by atoms with Crippen molar-refractivity contribution < 1.29 is 4.79 Å². The van der Waals surface area contributed by atoms with Gasteiger partial charge in [-0.05, 0) is 37.2 Å². The van der Waals surface area contributed by atoms with E-state index in [1.54, 1.807) is 0 Å². The molecule has 1 N–H and O–H groups in total. The van der Waals surface area contributed by atoms with E-state index >= 15 is 0 Å². The first-order valence-electron chi connectivity index (χ1n) is 6.65. The Balaban J connectivity index is 1.74. The van der Waals surface area contributed by atoms with Crippen LogP contribution in [-0.4, -0.2) is 20.7 Å². The van der Waals surface area contributed by atoms with Gasteiger partial charge >= 0.3 is 0 Å². The molecule has 2 aromatic heterocycles. The summed E-state index contributed by atoms with van der Waals surface area (Å²) in [5, 5.41) is 0.866.